The number of aliphatic carboxylic acids is 1. The summed E-state index contributed by atoms with van der Waals surface area (Å²) in [6.07, 6.45) is 0. The van der Waals surface area contributed by atoms with Crippen molar-refractivity contribution in [3.63, 3.8) is 0 Å². The molecule has 0 fully saturated rings. The fraction of sp³-hybridized carbons (Fsp3) is 0.111. The average molecular weight is 338 g/mol. The van der Waals surface area contributed by atoms with Crippen LogP contribution in [0.5, 0.6) is 0 Å². The molecule has 0 aliphatic carbocycles. The topological polar surface area (TPSA) is 95.0 Å². The van der Waals surface area contributed by atoms with Gasteiger partial charge >= 0.3 is 5.97 Å². The fourth-order valence-corrected chi connectivity index (χ4v) is 2.74. The Hall–Kier alpha value is -3.48. The van der Waals surface area contributed by atoms with Gasteiger partial charge in [0.05, 0.1) is 22.4 Å². The summed E-state index contributed by atoms with van der Waals surface area (Å²) in [5.41, 5.74) is 0.763. The molecule has 0 atom stereocenters. The second-order valence-corrected chi connectivity index (χ2v) is 5.56. The summed E-state index contributed by atoms with van der Waals surface area (Å²) in [6, 6.07) is 12.6. The Morgan fingerprint density at radius 1 is 0.960 bits per heavy atom. The van der Waals surface area contributed by atoms with Gasteiger partial charge < -0.3 is 10.0 Å². The van der Waals surface area contributed by atoms with Gasteiger partial charge in [-0.05, 0) is 24.3 Å². The predicted molar refractivity (Wildman–Crippen MR) is 88.6 cm³/mol. The Morgan fingerprint density at radius 3 is 2.04 bits per heavy atom. The first-order chi connectivity index (χ1) is 11.9. The molecule has 0 bridgehead atoms. The van der Waals surface area contributed by atoms with Crippen LogP contribution in [0.3, 0.4) is 0 Å². The number of para-hydroxylation sites is 1. The van der Waals surface area contributed by atoms with E-state index in [1.165, 1.54) is 19.2 Å². The Kier molecular flexibility index (Phi) is 4.06. The number of carbonyl (C=O) groups is 4. The van der Waals surface area contributed by atoms with E-state index in [2.05, 4.69) is 0 Å². The average Bonchev–Trinajstić information content (AvgIpc) is 2.85. The van der Waals surface area contributed by atoms with Crippen LogP contribution in [0, 0.1) is 0 Å². The molecule has 7 heteroatoms. The molecule has 0 saturated carbocycles. The first kappa shape index (κ1) is 16.4. The lowest BCUT2D eigenvalue weighted by Crippen LogP contribution is -2.35. The van der Waals surface area contributed by atoms with Gasteiger partial charge in [-0.3, -0.25) is 19.2 Å². The first-order valence-electron chi connectivity index (χ1n) is 7.46. The monoisotopic (exact) mass is 338 g/mol. The van der Waals surface area contributed by atoms with Gasteiger partial charge in [-0.1, -0.05) is 24.3 Å². The van der Waals surface area contributed by atoms with Crippen LogP contribution in [-0.4, -0.2) is 47.3 Å². The molecule has 0 unspecified atom stereocenters. The third-order valence-corrected chi connectivity index (χ3v) is 3.89. The number of hydrogen-bond acceptors (Lipinski definition) is 4. The molecule has 7 nitrogen and oxygen atoms in total. The number of nitrogens with zero attached hydrogens (tertiary/aromatic N) is 2. The number of carbonyl (C=O) groups excluding carboxylic acids is 3. The molecule has 1 heterocycles. The summed E-state index contributed by atoms with van der Waals surface area (Å²) in [7, 11) is 1.34. The van der Waals surface area contributed by atoms with E-state index in [1.807, 2.05) is 0 Å². The first-order valence-corrected chi connectivity index (χ1v) is 7.46. The molecule has 0 spiro atoms. The van der Waals surface area contributed by atoms with Crippen molar-refractivity contribution in [1.29, 1.82) is 0 Å². The second kappa shape index (κ2) is 6.20. The van der Waals surface area contributed by atoms with Crippen LogP contribution < -0.4 is 4.90 Å². The molecule has 126 valence electrons. The van der Waals surface area contributed by atoms with Gasteiger partial charge in [-0.15, -0.1) is 0 Å². The van der Waals surface area contributed by atoms with E-state index in [-0.39, 0.29) is 22.4 Å². The Bertz CT molecular complexity index is 871. The van der Waals surface area contributed by atoms with Crippen molar-refractivity contribution in [1.82, 2.24) is 4.90 Å². The molecular formula is C18H14N2O5. The maximum atomic E-state index is 12.6. The lowest BCUT2D eigenvalue weighted by atomic mass is 10.1. The van der Waals surface area contributed by atoms with Crippen molar-refractivity contribution >= 4 is 29.4 Å². The van der Waals surface area contributed by atoms with Gasteiger partial charge in [-0.25, -0.2) is 4.90 Å². The number of carboxylic acids is 1. The minimum Gasteiger partial charge on any atom is -0.480 e. The summed E-state index contributed by atoms with van der Waals surface area (Å²) < 4.78 is 0. The van der Waals surface area contributed by atoms with Crippen molar-refractivity contribution in [2.45, 2.75) is 0 Å². The Balaban J connectivity index is 2.03. The zero-order chi connectivity index (χ0) is 18.1. The summed E-state index contributed by atoms with van der Waals surface area (Å²) in [5.74, 6) is -2.77. The minimum absolute atomic E-state index is 0.0840. The largest absolute Gasteiger partial charge is 0.480 e. The van der Waals surface area contributed by atoms with Gasteiger partial charge in [0.1, 0.15) is 6.54 Å². The molecule has 2 aromatic rings. The van der Waals surface area contributed by atoms with Crippen molar-refractivity contribution in [3.05, 3.63) is 65.2 Å². The number of anilines is 1. The summed E-state index contributed by atoms with van der Waals surface area (Å²) >= 11 is 0. The van der Waals surface area contributed by atoms with Crippen LogP contribution in [0.25, 0.3) is 0 Å². The third-order valence-electron chi connectivity index (χ3n) is 3.89. The smallest absolute Gasteiger partial charge is 0.323 e. The van der Waals surface area contributed by atoms with Gasteiger partial charge in [0.25, 0.3) is 17.7 Å². The normalized spacial score (nSPS) is 12.9. The number of hydrogen-bond donors (Lipinski definition) is 1. The van der Waals surface area contributed by atoms with Crippen molar-refractivity contribution < 1.29 is 24.3 Å². The van der Waals surface area contributed by atoms with Crippen molar-refractivity contribution in [2.24, 2.45) is 0 Å². The summed E-state index contributed by atoms with van der Waals surface area (Å²) in [6.45, 7) is -0.491. The Morgan fingerprint density at radius 2 is 1.48 bits per heavy atom. The highest BCUT2D eigenvalue weighted by Crippen LogP contribution is 2.31. The van der Waals surface area contributed by atoms with Crippen LogP contribution >= 0.6 is 0 Å². The SMILES string of the molecule is CN(CC(=O)O)C(=O)c1ccccc1N1C(=O)c2ccccc2C1=O. The predicted octanol–water partition coefficient (Wildman–Crippen LogP) is 1.64. The summed E-state index contributed by atoms with van der Waals surface area (Å²) in [5, 5.41) is 8.85. The maximum absolute atomic E-state index is 12.6. The molecule has 1 aliphatic rings. The van der Waals surface area contributed by atoms with Gasteiger partial charge in [-0.2, -0.15) is 0 Å². The molecule has 25 heavy (non-hydrogen) atoms. The highest BCUT2D eigenvalue weighted by atomic mass is 16.4. The molecule has 2 aromatic carbocycles. The molecule has 1 aliphatic heterocycles. The highest BCUT2D eigenvalue weighted by molar-refractivity contribution is 6.35. The van der Waals surface area contributed by atoms with Gasteiger partial charge in [0, 0.05) is 7.05 Å². The number of fused-ring (bicyclic) bond motifs is 1. The molecule has 0 saturated heterocycles. The number of carboxylic acid groups (broad SMARTS) is 1. The molecule has 3 amide bonds. The number of amides is 3. The summed E-state index contributed by atoms with van der Waals surface area (Å²) in [4.78, 5) is 50.6. The third kappa shape index (κ3) is 2.76. The van der Waals surface area contributed by atoms with E-state index in [4.69, 9.17) is 5.11 Å². The number of likely N-dealkylation sites (N-methyl/N-ethyl adjacent to an activating group) is 1. The zero-order valence-electron chi connectivity index (χ0n) is 13.3. The van der Waals surface area contributed by atoms with E-state index in [0.29, 0.717) is 0 Å². The highest BCUT2D eigenvalue weighted by Gasteiger charge is 2.38. The zero-order valence-corrected chi connectivity index (χ0v) is 13.3. The molecule has 0 radical (unpaired) electrons. The number of imide groups is 1. The van der Waals surface area contributed by atoms with Crippen molar-refractivity contribution in [3.8, 4) is 0 Å². The number of rotatable bonds is 4. The van der Waals surface area contributed by atoms with E-state index in [0.717, 1.165) is 9.80 Å². The van der Waals surface area contributed by atoms with Gasteiger partial charge in [0.2, 0.25) is 0 Å². The lowest BCUT2D eigenvalue weighted by molar-refractivity contribution is -0.137. The number of benzene rings is 2. The van der Waals surface area contributed by atoms with E-state index < -0.39 is 30.2 Å². The van der Waals surface area contributed by atoms with Crippen LogP contribution in [0.1, 0.15) is 31.1 Å². The van der Waals surface area contributed by atoms with E-state index in [9.17, 15) is 19.2 Å². The van der Waals surface area contributed by atoms with Crippen LogP contribution in [0.15, 0.2) is 48.5 Å². The van der Waals surface area contributed by atoms with E-state index >= 15 is 0 Å². The molecular weight excluding hydrogens is 324 g/mol. The molecule has 0 aromatic heterocycles. The van der Waals surface area contributed by atoms with Crippen molar-refractivity contribution in [2.75, 3.05) is 18.5 Å². The lowest BCUT2D eigenvalue weighted by Gasteiger charge is -2.21. The molecule has 1 N–H and O–H groups in total. The Labute approximate surface area is 143 Å². The van der Waals surface area contributed by atoms with Crippen LogP contribution in [0.4, 0.5) is 5.69 Å². The maximum Gasteiger partial charge on any atom is 0.323 e. The van der Waals surface area contributed by atoms with Crippen LogP contribution in [-0.2, 0) is 4.79 Å². The molecule has 3 rings (SSSR count). The van der Waals surface area contributed by atoms with Crippen LogP contribution in [0.2, 0.25) is 0 Å². The standard InChI is InChI=1S/C18H14N2O5/c1-19(10-15(21)22)16(23)13-8-4-5-9-14(13)20-17(24)11-6-2-3-7-12(11)18(20)25/h2-9H,10H2,1H3,(H,21,22). The fourth-order valence-electron chi connectivity index (χ4n) is 2.74. The van der Waals surface area contributed by atoms with Gasteiger partial charge in [0.15, 0.2) is 0 Å². The quantitative estimate of drug-likeness (QED) is 0.855. The minimum atomic E-state index is -1.16. The van der Waals surface area contributed by atoms with E-state index in [1.54, 1.807) is 36.4 Å². The second-order valence-electron chi connectivity index (χ2n) is 5.56.